The van der Waals surface area contributed by atoms with Crippen LogP contribution in [0.2, 0.25) is 0 Å². The first-order chi connectivity index (χ1) is 8.85. The molecule has 0 heterocycles. The van der Waals surface area contributed by atoms with Gasteiger partial charge in [0.25, 0.3) is 0 Å². The highest BCUT2D eigenvalue weighted by atomic mass is 32.2. The van der Waals surface area contributed by atoms with Gasteiger partial charge in [-0.3, -0.25) is 9.52 Å². The lowest BCUT2D eigenvalue weighted by molar-refractivity contribution is -0.135. The Balaban J connectivity index is 0.000000459. The standard InChI is InChI=1S/C9H11NO2S.C5H12O/c11-9(12)6-10-13-7-8-4-2-1-3-5-8;1-5(2,3)6-4/h1-5,10H,6-7H2,(H,11,12);1-4H3. The third-order valence-electron chi connectivity index (χ3n) is 2.02. The maximum absolute atomic E-state index is 10.1. The third kappa shape index (κ3) is 13.2. The number of hydrogen-bond acceptors (Lipinski definition) is 4. The molecule has 0 unspecified atom stereocenters. The lowest BCUT2D eigenvalue weighted by Crippen LogP contribution is -2.15. The fraction of sp³-hybridized carbons (Fsp3) is 0.500. The number of hydrogen-bond donors (Lipinski definition) is 2. The van der Waals surface area contributed by atoms with E-state index in [9.17, 15) is 4.79 Å². The van der Waals surface area contributed by atoms with Gasteiger partial charge in [0.1, 0.15) is 6.54 Å². The van der Waals surface area contributed by atoms with Crippen LogP contribution in [0.5, 0.6) is 0 Å². The van der Waals surface area contributed by atoms with Crippen molar-refractivity contribution in [2.24, 2.45) is 0 Å². The third-order valence-corrected chi connectivity index (χ3v) is 2.85. The van der Waals surface area contributed by atoms with E-state index in [1.807, 2.05) is 51.1 Å². The molecule has 0 atom stereocenters. The molecule has 19 heavy (non-hydrogen) atoms. The van der Waals surface area contributed by atoms with E-state index >= 15 is 0 Å². The van der Waals surface area contributed by atoms with Crippen molar-refractivity contribution in [3.63, 3.8) is 0 Å². The molecule has 0 fully saturated rings. The molecular weight excluding hydrogens is 262 g/mol. The van der Waals surface area contributed by atoms with Crippen LogP contribution in [0.3, 0.4) is 0 Å². The van der Waals surface area contributed by atoms with E-state index in [0.717, 1.165) is 5.75 Å². The van der Waals surface area contributed by atoms with Gasteiger partial charge in [0, 0.05) is 12.9 Å². The predicted octanol–water partition coefficient (Wildman–Crippen LogP) is 2.94. The quantitative estimate of drug-likeness (QED) is 0.643. The molecular formula is C14H23NO3S. The van der Waals surface area contributed by atoms with Gasteiger partial charge in [-0.15, -0.1) is 0 Å². The van der Waals surface area contributed by atoms with E-state index in [1.54, 1.807) is 7.11 Å². The maximum Gasteiger partial charge on any atom is 0.318 e. The minimum atomic E-state index is -0.833. The smallest absolute Gasteiger partial charge is 0.318 e. The molecule has 1 rings (SSSR count). The monoisotopic (exact) mass is 285 g/mol. The second-order valence-corrected chi connectivity index (χ2v) is 5.67. The normalized spacial score (nSPS) is 10.5. The fourth-order valence-electron chi connectivity index (χ4n) is 0.821. The summed E-state index contributed by atoms with van der Waals surface area (Å²) in [6.45, 7) is 6.06. The number of carboxylic acid groups (broad SMARTS) is 1. The van der Waals surface area contributed by atoms with E-state index in [-0.39, 0.29) is 12.1 Å². The molecule has 1 aromatic rings. The zero-order valence-corrected chi connectivity index (χ0v) is 12.8. The second-order valence-electron chi connectivity index (χ2n) is 4.81. The molecule has 1 aromatic carbocycles. The first-order valence-corrected chi connectivity index (χ1v) is 6.99. The van der Waals surface area contributed by atoms with Crippen LogP contribution >= 0.6 is 11.9 Å². The van der Waals surface area contributed by atoms with Crippen molar-refractivity contribution in [2.45, 2.75) is 32.1 Å². The summed E-state index contributed by atoms with van der Waals surface area (Å²) in [4.78, 5) is 10.1. The zero-order valence-electron chi connectivity index (χ0n) is 12.0. The van der Waals surface area contributed by atoms with Crippen LogP contribution in [0, 0.1) is 0 Å². The number of carboxylic acids is 1. The lowest BCUT2D eigenvalue weighted by Gasteiger charge is -2.14. The number of methoxy groups -OCH3 is 1. The Bertz CT molecular complexity index is 349. The summed E-state index contributed by atoms with van der Waals surface area (Å²) in [5.41, 5.74) is 1.23. The first kappa shape index (κ1) is 18.0. The van der Waals surface area contributed by atoms with Crippen LogP contribution in [-0.2, 0) is 15.3 Å². The van der Waals surface area contributed by atoms with Crippen LogP contribution in [0.1, 0.15) is 26.3 Å². The van der Waals surface area contributed by atoms with Crippen molar-refractivity contribution in [2.75, 3.05) is 13.7 Å². The minimum Gasteiger partial charge on any atom is -0.480 e. The molecule has 0 aromatic heterocycles. The molecule has 0 radical (unpaired) electrons. The summed E-state index contributed by atoms with van der Waals surface area (Å²) >= 11 is 1.40. The summed E-state index contributed by atoms with van der Waals surface area (Å²) in [6, 6.07) is 9.91. The van der Waals surface area contributed by atoms with Crippen LogP contribution in [0.4, 0.5) is 0 Å². The van der Waals surface area contributed by atoms with Gasteiger partial charge in [0.05, 0.1) is 5.60 Å². The van der Waals surface area contributed by atoms with Gasteiger partial charge >= 0.3 is 5.97 Å². The van der Waals surface area contributed by atoms with E-state index in [2.05, 4.69) is 4.72 Å². The van der Waals surface area contributed by atoms with Crippen molar-refractivity contribution in [1.82, 2.24) is 4.72 Å². The van der Waals surface area contributed by atoms with E-state index in [1.165, 1.54) is 17.5 Å². The Labute approximate surface area is 119 Å². The molecule has 4 nitrogen and oxygen atoms in total. The molecule has 0 aliphatic heterocycles. The lowest BCUT2D eigenvalue weighted by atomic mass is 10.2. The number of benzene rings is 1. The highest BCUT2D eigenvalue weighted by Gasteiger charge is 2.04. The van der Waals surface area contributed by atoms with Gasteiger partial charge < -0.3 is 9.84 Å². The Morgan fingerprint density at radius 2 is 1.84 bits per heavy atom. The van der Waals surface area contributed by atoms with Crippen LogP contribution in [0.25, 0.3) is 0 Å². The van der Waals surface area contributed by atoms with Gasteiger partial charge in [-0.2, -0.15) is 0 Å². The zero-order chi connectivity index (χ0) is 14.7. The highest BCUT2D eigenvalue weighted by Crippen LogP contribution is 2.07. The minimum absolute atomic E-state index is 0.00248. The molecule has 0 saturated carbocycles. The molecule has 0 aliphatic rings. The molecule has 0 amide bonds. The highest BCUT2D eigenvalue weighted by molar-refractivity contribution is 7.96. The Hall–Kier alpha value is -1.04. The first-order valence-electron chi connectivity index (χ1n) is 6.00. The van der Waals surface area contributed by atoms with Crippen molar-refractivity contribution >= 4 is 17.9 Å². The van der Waals surface area contributed by atoms with Crippen LogP contribution in [-0.4, -0.2) is 30.3 Å². The molecule has 0 saturated heterocycles. The number of nitrogens with one attached hydrogen (secondary N) is 1. The van der Waals surface area contributed by atoms with Crippen LogP contribution < -0.4 is 4.72 Å². The van der Waals surface area contributed by atoms with Gasteiger partial charge in [-0.05, 0) is 26.3 Å². The summed E-state index contributed by atoms with van der Waals surface area (Å²) in [6.07, 6.45) is 0. The molecule has 2 N–H and O–H groups in total. The molecule has 0 bridgehead atoms. The second kappa shape index (κ2) is 9.83. The average Bonchev–Trinajstić information content (AvgIpc) is 2.36. The van der Waals surface area contributed by atoms with Crippen molar-refractivity contribution in [1.29, 1.82) is 0 Å². The number of ether oxygens (including phenoxy) is 1. The summed E-state index contributed by atoms with van der Waals surface area (Å²) in [5, 5.41) is 8.33. The Morgan fingerprint density at radius 3 is 2.26 bits per heavy atom. The van der Waals surface area contributed by atoms with Crippen molar-refractivity contribution in [3.05, 3.63) is 35.9 Å². The topological polar surface area (TPSA) is 58.6 Å². The summed E-state index contributed by atoms with van der Waals surface area (Å²) in [7, 11) is 1.71. The Kier molecular flexibility index (Phi) is 9.30. The number of aliphatic carboxylic acids is 1. The molecule has 108 valence electrons. The molecule has 5 heteroatoms. The molecule has 0 spiro atoms. The van der Waals surface area contributed by atoms with Crippen molar-refractivity contribution in [3.8, 4) is 0 Å². The summed E-state index contributed by atoms with van der Waals surface area (Å²) < 4.78 is 7.69. The van der Waals surface area contributed by atoms with E-state index in [4.69, 9.17) is 9.84 Å². The SMILES string of the molecule is COC(C)(C)C.O=C(O)CNSCc1ccccc1. The predicted molar refractivity (Wildman–Crippen MR) is 80.1 cm³/mol. The maximum atomic E-state index is 10.1. The number of rotatable bonds is 5. The fourth-order valence-corrected chi connectivity index (χ4v) is 1.51. The average molecular weight is 285 g/mol. The van der Waals surface area contributed by atoms with E-state index in [0.29, 0.717) is 0 Å². The number of carbonyl (C=O) groups is 1. The van der Waals surface area contributed by atoms with E-state index < -0.39 is 5.97 Å². The van der Waals surface area contributed by atoms with Gasteiger partial charge in [0.2, 0.25) is 0 Å². The Morgan fingerprint density at radius 1 is 1.32 bits per heavy atom. The van der Waals surface area contributed by atoms with Gasteiger partial charge in [-0.1, -0.05) is 42.3 Å². The van der Waals surface area contributed by atoms with Crippen molar-refractivity contribution < 1.29 is 14.6 Å². The summed E-state index contributed by atoms with van der Waals surface area (Å²) in [5.74, 6) is -0.0470. The largest absolute Gasteiger partial charge is 0.480 e. The molecule has 0 aliphatic carbocycles. The van der Waals surface area contributed by atoms with Gasteiger partial charge in [-0.25, -0.2) is 0 Å². The van der Waals surface area contributed by atoms with Gasteiger partial charge in [0.15, 0.2) is 0 Å². The van der Waals surface area contributed by atoms with Crippen LogP contribution in [0.15, 0.2) is 30.3 Å².